The molecule has 11 heteroatoms. The van der Waals surface area contributed by atoms with E-state index in [1.54, 1.807) is 0 Å². The van der Waals surface area contributed by atoms with Gasteiger partial charge in [0.25, 0.3) is 15.7 Å². The number of hydrogen-bond donors (Lipinski definition) is 0. The largest absolute Gasteiger partial charge is 0.468 e. The first-order chi connectivity index (χ1) is 13.2. The second-order valence-electron chi connectivity index (χ2n) is 8.57. The molecule has 0 bridgehead atoms. The van der Waals surface area contributed by atoms with E-state index in [9.17, 15) is 23.3 Å². The van der Waals surface area contributed by atoms with Gasteiger partial charge in [0.05, 0.1) is 18.1 Å². The number of esters is 1. The number of sulfonamides is 1. The molecular formula is C18H28N2O7SSi. The van der Waals surface area contributed by atoms with Gasteiger partial charge in [-0.1, -0.05) is 32.9 Å². The summed E-state index contributed by atoms with van der Waals surface area (Å²) in [5.41, 5.74) is -0.537. The molecule has 1 aromatic rings. The molecule has 1 aliphatic heterocycles. The van der Waals surface area contributed by atoms with Gasteiger partial charge in [0.2, 0.25) is 0 Å². The van der Waals surface area contributed by atoms with Crippen LogP contribution in [0, 0.1) is 10.1 Å². The van der Waals surface area contributed by atoms with Crippen molar-refractivity contribution in [1.82, 2.24) is 4.31 Å². The topological polar surface area (TPSA) is 116 Å². The van der Waals surface area contributed by atoms with Crippen molar-refractivity contribution in [2.45, 2.75) is 62.4 Å². The molecule has 0 radical (unpaired) electrons. The number of carbonyl (C=O) groups excluding carboxylic acids is 1. The van der Waals surface area contributed by atoms with E-state index >= 15 is 0 Å². The van der Waals surface area contributed by atoms with Crippen molar-refractivity contribution >= 4 is 30.0 Å². The highest BCUT2D eigenvalue weighted by molar-refractivity contribution is 7.89. The summed E-state index contributed by atoms with van der Waals surface area (Å²) < 4.78 is 38.6. The minimum Gasteiger partial charge on any atom is -0.468 e. The van der Waals surface area contributed by atoms with Crippen LogP contribution in [0.2, 0.25) is 18.1 Å². The summed E-state index contributed by atoms with van der Waals surface area (Å²) in [6.45, 7) is 10.2. The number of nitrogens with zero attached hydrogens (tertiary/aromatic N) is 2. The van der Waals surface area contributed by atoms with Gasteiger partial charge < -0.3 is 9.16 Å². The summed E-state index contributed by atoms with van der Waals surface area (Å²) in [6, 6.07) is 4.00. The summed E-state index contributed by atoms with van der Waals surface area (Å²) in [6.07, 6.45) is -0.364. The van der Waals surface area contributed by atoms with Crippen LogP contribution in [0.4, 0.5) is 5.69 Å². The van der Waals surface area contributed by atoms with Crippen LogP contribution in [0.25, 0.3) is 0 Å². The minimum atomic E-state index is -4.32. The van der Waals surface area contributed by atoms with Gasteiger partial charge in [0.1, 0.15) is 6.04 Å². The van der Waals surface area contributed by atoms with E-state index in [1.807, 2.05) is 13.1 Å². The lowest BCUT2D eigenvalue weighted by Gasteiger charge is -2.38. The Labute approximate surface area is 172 Å². The summed E-state index contributed by atoms with van der Waals surface area (Å²) in [5, 5.41) is 11.2. The zero-order chi connectivity index (χ0) is 22.2. The third kappa shape index (κ3) is 4.68. The molecule has 0 saturated carbocycles. The second kappa shape index (κ2) is 8.13. The van der Waals surface area contributed by atoms with Crippen molar-refractivity contribution in [3.05, 3.63) is 34.4 Å². The number of hydrogen-bond acceptors (Lipinski definition) is 7. The first-order valence-electron chi connectivity index (χ1n) is 9.23. The third-order valence-electron chi connectivity index (χ3n) is 5.61. The summed E-state index contributed by atoms with van der Waals surface area (Å²) in [4.78, 5) is 22.4. The Bertz CT molecular complexity index is 896. The molecule has 2 unspecified atom stereocenters. The average Bonchev–Trinajstić information content (AvgIpc) is 3.04. The maximum atomic E-state index is 13.3. The lowest BCUT2D eigenvalue weighted by Crippen LogP contribution is -2.45. The van der Waals surface area contributed by atoms with Crippen LogP contribution in [-0.2, 0) is 24.0 Å². The van der Waals surface area contributed by atoms with Crippen LogP contribution in [0.15, 0.2) is 29.2 Å². The van der Waals surface area contributed by atoms with E-state index in [1.165, 1.54) is 25.3 Å². The molecular weight excluding hydrogens is 416 g/mol. The molecule has 1 heterocycles. The summed E-state index contributed by atoms with van der Waals surface area (Å²) in [5.74, 6) is -0.714. The first-order valence-corrected chi connectivity index (χ1v) is 13.6. The van der Waals surface area contributed by atoms with Gasteiger partial charge in [-0.05, 0) is 24.2 Å². The maximum Gasteiger partial charge on any atom is 0.324 e. The molecule has 9 nitrogen and oxygen atoms in total. The molecule has 162 valence electrons. The highest BCUT2D eigenvalue weighted by atomic mass is 32.2. The van der Waals surface area contributed by atoms with E-state index < -0.39 is 52.0 Å². The number of benzene rings is 1. The van der Waals surface area contributed by atoms with Crippen molar-refractivity contribution in [1.29, 1.82) is 0 Å². The lowest BCUT2D eigenvalue weighted by atomic mass is 10.2. The normalized spacial score (nSPS) is 21.2. The van der Waals surface area contributed by atoms with E-state index in [4.69, 9.17) is 9.16 Å². The van der Waals surface area contributed by atoms with Gasteiger partial charge in [-0.3, -0.25) is 14.9 Å². The smallest absolute Gasteiger partial charge is 0.324 e. The SMILES string of the molecule is COC(=O)C1CC(O[Si](C)(C)C(C)(C)C)CN1S(=O)(=O)c1ccccc1[N+](=O)[O-]. The van der Waals surface area contributed by atoms with Crippen LogP contribution < -0.4 is 0 Å². The zero-order valence-corrected chi connectivity index (χ0v) is 19.4. The van der Waals surface area contributed by atoms with Crippen LogP contribution in [0.3, 0.4) is 0 Å². The lowest BCUT2D eigenvalue weighted by molar-refractivity contribution is -0.387. The summed E-state index contributed by atoms with van der Waals surface area (Å²) >= 11 is 0. The Balaban J connectivity index is 2.44. The van der Waals surface area contributed by atoms with E-state index in [-0.39, 0.29) is 18.0 Å². The van der Waals surface area contributed by atoms with E-state index in [0.29, 0.717) is 0 Å². The second-order valence-corrected chi connectivity index (χ2v) is 15.2. The molecule has 0 N–H and O–H groups in total. The van der Waals surface area contributed by atoms with Gasteiger partial charge >= 0.3 is 5.97 Å². The van der Waals surface area contributed by atoms with Crippen molar-refractivity contribution in [3.8, 4) is 0 Å². The van der Waals surface area contributed by atoms with Gasteiger partial charge in [-0.2, -0.15) is 4.31 Å². The number of nitro benzene ring substituents is 1. The molecule has 2 rings (SSSR count). The molecule has 1 fully saturated rings. The predicted molar refractivity (Wildman–Crippen MR) is 109 cm³/mol. The molecule has 0 aliphatic carbocycles. The van der Waals surface area contributed by atoms with Crippen LogP contribution in [-0.4, -0.2) is 57.7 Å². The Hall–Kier alpha value is -1.82. The number of nitro groups is 1. The Morgan fingerprint density at radius 1 is 1.28 bits per heavy atom. The highest BCUT2D eigenvalue weighted by Gasteiger charge is 2.49. The third-order valence-corrected chi connectivity index (χ3v) is 12.1. The number of ether oxygens (including phenoxy) is 1. The molecule has 0 spiro atoms. The summed E-state index contributed by atoms with van der Waals surface area (Å²) in [7, 11) is -5.36. The maximum absolute atomic E-state index is 13.3. The first kappa shape index (κ1) is 23.5. The Morgan fingerprint density at radius 2 is 1.86 bits per heavy atom. The van der Waals surface area contributed by atoms with Crippen LogP contribution in [0.5, 0.6) is 0 Å². The fourth-order valence-electron chi connectivity index (χ4n) is 3.02. The quantitative estimate of drug-likeness (QED) is 0.287. The average molecular weight is 445 g/mol. The van der Waals surface area contributed by atoms with Crippen molar-refractivity contribution in [2.75, 3.05) is 13.7 Å². The number of para-hydroxylation sites is 1. The van der Waals surface area contributed by atoms with Crippen LogP contribution >= 0.6 is 0 Å². The number of carbonyl (C=O) groups is 1. The van der Waals surface area contributed by atoms with Gasteiger partial charge in [-0.25, -0.2) is 8.42 Å². The standard InChI is InChI=1S/C18H28N2O7SSi/c1-18(2,3)29(5,6)27-13-11-15(17(21)26-4)19(12-13)28(24,25)16-10-8-7-9-14(16)20(22)23/h7-10,13,15H,11-12H2,1-6H3. The fraction of sp³-hybridized carbons (Fsp3) is 0.611. The number of methoxy groups -OCH3 is 1. The predicted octanol–water partition coefficient (Wildman–Crippen LogP) is 2.92. The molecule has 1 saturated heterocycles. The van der Waals surface area contributed by atoms with Gasteiger partial charge in [-0.15, -0.1) is 0 Å². The highest BCUT2D eigenvalue weighted by Crippen LogP contribution is 2.40. The fourth-order valence-corrected chi connectivity index (χ4v) is 6.15. The van der Waals surface area contributed by atoms with E-state index in [0.717, 1.165) is 10.4 Å². The monoisotopic (exact) mass is 444 g/mol. The van der Waals surface area contributed by atoms with Crippen molar-refractivity contribution in [2.24, 2.45) is 0 Å². The molecule has 0 aromatic heterocycles. The number of rotatable bonds is 6. The Morgan fingerprint density at radius 3 is 2.38 bits per heavy atom. The molecule has 0 amide bonds. The van der Waals surface area contributed by atoms with E-state index in [2.05, 4.69) is 20.8 Å². The molecule has 29 heavy (non-hydrogen) atoms. The molecule has 1 aromatic carbocycles. The van der Waals surface area contributed by atoms with Gasteiger partial charge in [0, 0.05) is 19.0 Å². The minimum absolute atomic E-state index is 0.0688. The van der Waals surface area contributed by atoms with Crippen molar-refractivity contribution < 1.29 is 27.3 Å². The Kier molecular flexibility index (Phi) is 6.58. The molecule has 1 aliphatic rings. The van der Waals surface area contributed by atoms with Crippen LogP contribution in [0.1, 0.15) is 27.2 Å². The van der Waals surface area contributed by atoms with Crippen molar-refractivity contribution in [3.63, 3.8) is 0 Å². The molecule has 2 atom stereocenters. The van der Waals surface area contributed by atoms with Gasteiger partial charge in [0.15, 0.2) is 13.2 Å². The zero-order valence-electron chi connectivity index (χ0n) is 17.5.